The van der Waals surface area contributed by atoms with Gasteiger partial charge in [0.25, 0.3) is 0 Å². The second-order valence-electron chi connectivity index (χ2n) is 4.20. The Labute approximate surface area is 161 Å². The summed E-state index contributed by atoms with van der Waals surface area (Å²) in [6, 6.07) is 6.09. The summed E-state index contributed by atoms with van der Waals surface area (Å²) >= 11 is 0. The van der Waals surface area contributed by atoms with Crippen LogP contribution in [0.1, 0.15) is 43.4 Å². The number of carbonyl (C=O) groups is 3. The fraction of sp³-hybridized carbons (Fsp3) is 0.300. The summed E-state index contributed by atoms with van der Waals surface area (Å²) in [4.78, 5) is 34.6. The van der Waals surface area contributed by atoms with Gasteiger partial charge in [-0.1, -0.05) is 32.8 Å². The minimum absolute atomic E-state index is 0. The summed E-state index contributed by atoms with van der Waals surface area (Å²) in [6.45, 7) is 10.2. The van der Waals surface area contributed by atoms with Gasteiger partial charge in [0.1, 0.15) is 20.4 Å². The van der Waals surface area contributed by atoms with Gasteiger partial charge in [-0.25, -0.2) is 12.2 Å². The van der Waals surface area contributed by atoms with Crippen molar-refractivity contribution in [2.24, 2.45) is 0 Å². The molecule has 0 amide bonds. The molecule has 0 bridgehead atoms. The average molecular weight is 386 g/mol. The molecule has 0 saturated carbocycles. The molecule has 0 saturated heterocycles. The van der Waals surface area contributed by atoms with Crippen LogP contribution in [-0.4, -0.2) is 26.7 Å². The Balaban J connectivity index is -0.000000154. The quantitative estimate of drug-likeness (QED) is 0.588. The van der Waals surface area contributed by atoms with Gasteiger partial charge in [-0.3, -0.25) is 6.08 Å². The van der Waals surface area contributed by atoms with E-state index in [1.165, 1.54) is 5.56 Å². The van der Waals surface area contributed by atoms with E-state index in [0.717, 1.165) is 36.8 Å². The molecule has 0 unspecified atom stereocenters. The Bertz CT molecular complexity index is 470. The predicted octanol–water partition coefficient (Wildman–Crippen LogP) is 3.41. The van der Waals surface area contributed by atoms with E-state index >= 15 is 0 Å². The number of hydrogen-bond donors (Lipinski definition) is 0. The standard InChI is InChI=1S/C12H15O.C5H5.3CH2O.Fe/c1-3-5-10-6-7-11(4-2)12(8-10)9-13;1-2-4-5-3-1;3*1-2;/h6-8H,3-5H2,1-2H3;1-3H,4H2;3*1H2;/q2*-1;;;;+2. The van der Waals surface area contributed by atoms with Crippen LogP contribution in [0, 0.1) is 6.08 Å². The number of rotatable bonds is 4. The number of hydrogen-bond acceptors (Lipinski definition) is 4. The molecule has 0 aromatic heterocycles. The summed E-state index contributed by atoms with van der Waals surface area (Å²) in [5.74, 6) is 0. The maximum absolute atomic E-state index is 10.6. The fourth-order valence-electron chi connectivity index (χ4n) is 1.81. The second-order valence-corrected chi connectivity index (χ2v) is 4.20. The van der Waals surface area contributed by atoms with Crippen molar-refractivity contribution in [3.8, 4) is 0 Å². The van der Waals surface area contributed by atoms with Crippen LogP contribution < -0.4 is 0 Å². The zero-order valence-electron chi connectivity index (χ0n) is 14.9. The van der Waals surface area contributed by atoms with E-state index in [2.05, 4.69) is 32.1 Å². The zero-order valence-corrected chi connectivity index (χ0v) is 16.0. The minimum atomic E-state index is 0. The first-order chi connectivity index (χ1) is 11.8. The third-order valence-corrected chi connectivity index (χ3v) is 2.79. The van der Waals surface area contributed by atoms with Crippen molar-refractivity contribution in [2.45, 2.75) is 39.5 Å². The van der Waals surface area contributed by atoms with E-state index in [1.807, 2.05) is 50.9 Å². The van der Waals surface area contributed by atoms with Crippen molar-refractivity contribution < 1.29 is 36.2 Å². The SMILES string of the molecule is C=O.C=O.C=O.CCCc1ccc(CC)c([C-]=O)c1.[C-]1=CC=CC1.[Fe+2]. The summed E-state index contributed by atoms with van der Waals surface area (Å²) in [5, 5.41) is 0. The van der Waals surface area contributed by atoms with Gasteiger partial charge in [-0.15, -0.1) is 29.2 Å². The molecule has 1 aliphatic rings. The van der Waals surface area contributed by atoms with Crippen molar-refractivity contribution in [3.63, 3.8) is 0 Å². The Morgan fingerprint density at radius 3 is 2.00 bits per heavy atom. The van der Waals surface area contributed by atoms with Crippen molar-refractivity contribution in [1.29, 1.82) is 0 Å². The van der Waals surface area contributed by atoms with Gasteiger partial charge in [0.15, 0.2) is 0 Å². The number of benzene rings is 1. The molecule has 0 spiro atoms. The Morgan fingerprint density at radius 2 is 1.68 bits per heavy atom. The maximum atomic E-state index is 10.6. The third-order valence-electron chi connectivity index (χ3n) is 2.79. The van der Waals surface area contributed by atoms with Crippen LogP contribution in [0.4, 0.5) is 0 Å². The van der Waals surface area contributed by atoms with Crippen LogP contribution in [0.25, 0.3) is 0 Å². The molecule has 25 heavy (non-hydrogen) atoms. The van der Waals surface area contributed by atoms with Crippen LogP contribution in [0.5, 0.6) is 0 Å². The number of carbonyl (C=O) groups excluding carboxylic acids is 4. The smallest absolute Gasteiger partial charge is 0.376 e. The van der Waals surface area contributed by atoms with Gasteiger partial charge < -0.3 is 19.2 Å². The largest absolute Gasteiger partial charge is 2.00 e. The molecule has 1 aliphatic carbocycles. The van der Waals surface area contributed by atoms with Crippen LogP contribution >= 0.6 is 0 Å². The maximum Gasteiger partial charge on any atom is 2.00 e. The molecule has 0 N–H and O–H groups in total. The topological polar surface area (TPSA) is 68.3 Å². The van der Waals surface area contributed by atoms with Crippen molar-refractivity contribution >= 4 is 26.7 Å². The van der Waals surface area contributed by atoms with Crippen molar-refractivity contribution in [1.82, 2.24) is 0 Å². The van der Waals surface area contributed by atoms with Gasteiger partial charge in [-0.05, 0) is 6.42 Å². The zero-order chi connectivity index (χ0) is 19.2. The molecular formula is C20H26FeO4. The molecule has 2 rings (SSSR count). The molecule has 0 aliphatic heterocycles. The van der Waals surface area contributed by atoms with E-state index in [4.69, 9.17) is 14.4 Å². The Morgan fingerprint density at radius 1 is 1.08 bits per heavy atom. The molecule has 1 aromatic carbocycles. The molecule has 138 valence electrons. The Kier molecular flexibility index (Phi) is 32.9. The molecule has 0 atom stereocenters. The second kappa shape index (κ2) is 26.8. The van der Waals surface area contributed by atoms with E-state index in [1.54, 1.807) is 0 Å². The first kappa shape index (κ1) is 30.7. The molecule has 4 nitrogen and oxygen atoms in total. The van der Waals surface area contributed by atoms with Gasteiger partial charge in [-0.2, -0.15) is 12.1 Å². The fourth-order valence-corrected chi connectivity index (χ4v) is 1.81. The van der Waals surface area contributed by atoms with Crippen LogP contribution in [0.2, 0.25) is 0 Å². The molecule has 5 heteroatoms. The van der Waals surface area contributed by atoms with Gasteiger partial charge in [0.05, 0.1) is 6.29 Å². The van der Waals surface area contributed by atoms with E-state index in [-0.39, 0.29) is 17.1 Å². The molecule has 1 aromatic rings. The average Bonchev–Trinajstić information content (AvgIpc) is 3.27. The monoisotopic (exact) mass is 386 g/mol. The first-order valence-corrected chi connectivity index (χ1v) is 7.40. The first-order valence-electron chi connectivity index (χ1n) is 7.40. The third kappa shape index (κ3) is 16.5. The van der Waals surface area contributed by atoms with Gasteiger partial charge in [0, 0.05) is 0 Å². The van der Waals surface area contributed by atoms with E-state index in [0.29, 0.717) is 0 Å². The normalized spacial score (nSPS) is 9.20. The summed E-state index contributed by atoms with van der Waals surface area (Å²) in [6.07, 6.45) is 15.1. The molecular weight excluding hydrogens is 360 g/mol. The van der Waals surface area contributed by atoms with E-state index in [9.17, 15) is 4.79 Å². The van der Waals surface area contributed by atoms with Crippen LogP contribution in [0.3, 0.4) is 0 Å². The van der Waals surface area contributed by atoms with Gasteiger partial charge >= 0.3 is 17.1 Å². The van der Waals surface area contributed by atoms with Gasteiger partial charge in [0.2, 0.25) is 0 Å². The van der Waals surface area contributed by atoms with Crippen LogP contribution in [-0.2, 0) is 49.1 Å². The number of allylic oxidation sites excluding steroid dienone is 4. The summed E-state index contributed by atoms with van der Waals surface area (Å²) < 4.78 is 0. The van der Waals surface area contributed by atoms with E-state index < -0.39 is 0 Å². The number of aryl methyl sites for hydroxylation is 2. The molecule has 0 heterocycles. The van der Waals surface area contributed by atoms with Crippen molar-refractivity contribution in [2.75, 3.05) is 0 Å². The predicted molar refractivity (Wildman–Crippen MR) is 97.5 cm³/mol. The Hall–Kier alpha value is -2.10. The molecule has 0 radical (unpaired) electrons. The minimum Gasteiger partial charge on any atom is -0.376 e. The summed E-state index contributed by atoms with van der Waals surface area (Å²) in [7, 11) is 0. The van der Waals surface area contributed by atoms with Crippen molar-refractivity contribution in [3.05, 3.63) is 59.2 Å². The molecule has 0 fully saturated rings. The summed E-state index contributed by atoms with van der Waals surface area (Å²) in [5.41, 5.74) is 3.06. The van der Waals surface area contributed by atoms with Crippen LogP contribution in [0.15, 0.2) is 36.4 Å².